The van der Waals surface area contributed by atoms with E-state index >= 15 is 0 Å². The van der Waals surface area contributed by atoms with Crippen molar-refractivity contribution in [2.75, 3.05) is 46.2 Å². The second-order valence-electron chi connectivity index (χ2n) is 9.78. The Morgan fingerprint density at radius 2 is 2.00 bits per heavy atom. The molecule has 13 heteroatoms. The van der Waals surface area contributed by atoms with Crippen LogP contribution in [0.4, 0.5) is 0 Å². The summed E-state index contributed by atoms with van der Waals surface area (Å²) in [5.41, 5.74) is 1.45. The van der Waals surface area contributed by atoms with Crippen molar-refractivity contribution < 1.29 is 38.9 Å². The van der Waals surface area contributed by atoms with Crippen LogP contribution in [0.15, 0.2) is 40.3 Å². The van der Waals surface area contributed by atoms with E-state index in [-0.39, 0.29) is 88.4 Å². The molecular weight excluding hydrogens is 548 g/mol. The number of nitrogens with one attached hydrogen (secondary N) is 1. The molecule has 0 unspecified atom stereocenters. The molecule has 2 aliphatic rings. The molecule has 1 atom stereocenters. The van der Waals surface area contributed by atoms with E-state index in [4.69, 9.17) is 29.1 Å². The number of fused-ring (bicyclic) bond motifs is 5. The second-order valence-corrected chi connectivity index (χ2v) is 9.78. The Morgan fingerprint density at radius 3 is 2.81 bits per heavy atom. The SMILES string of the molecule is CC[C@@]1(O)C(=O)OCc2c1cc1n(c2=O)Cc2c-1nc1ccccc1c2/C=N\OCCNC(=O)COCCOCCO. The standard InChI is InChI=1S/C29H32N4O9/c1-2-29(38)22-13-24-26-20(15-33(24)27(36)21(22)16-41-28(29)37)19(18-5-3-4-6-23(18)32-26)14-31-42-9-7-30-25(35)17-40-12-11-39-10-8-34/h3-6,13-14,34,38H,2,7-12,15-17H2,1H3,(H,30,35)/b31-14-/t29-/m0/s1. The van der Waals surface area contributed by atoms with Gasteiger partial charge in [0.2, 0.25) is 5.91 Å². The van der Waals surface area contributed by atoms with Crippen LogP contribution in [0.2, 0.25) is 0 Å². The summed E-state index contributed by atoms with van der Waals surface area (Å²) >= 11 is 0. The van der Waals surface area contributed by atoms with E-state index in [9.17, 15) is 19.5 Å². The van der Waals surface area contributed by atoms with E-state index in [1.54, 1.807) is 23.8 Å². The van der Waals surface area contributed by atoms with Gasteiger partial charge in [-0.2, -0.15) is 0 Å². The monoisotopic (exact) mass is 580 g/mol. The van der Waals surface area contributed by atoms with E-state index in [1.165, 1.54) is 0 Å². The minimum Gasteiger partial charge on any atom is -0.458 e. The Labute approximate surface area is 240 Å². The fourth-order valence-corrected chi connectivity index (χ4v) is 5.09. The number of rotatable bonds is 13. The van der Waals surface area contributed by atoms with Crippen LogP contribution in [-0.4, -0.2) is 84.0 Å². The number of ether oxygens (including phenoxy) is 3. The lowest BCUT2D eigenvalue weighted by atomic mass is 9.86. The van der Waals surface area contributed by atoms with Gasteiger partial charge in [0.05, 0.1) is 68.2 Å². The van der Waals surface area contributed by atoms with E-state index in [2.05, 4.69) is 10.5 Å². The minimum absolute atomic E-state index is 0.0584. The first-order valence-corrected chi connectivity index (χ1v) is 13.7. The highest BCUT2D eigenvalue weighted by Gasteiger charge is 2.45. The number of oxime groups is 1. The first kappa shape index (κ1) is 29.3. The molecule has 0 saturated heterocycles. The number of nitrogens with zero attached hydrogens (tertiary/aromatic N) is 3. The molecule has 0 saturated carbocycles. The maximum Gasteiger partial charge on any atom is 0.343 e. The number of esters is 1. The molecule has 42 heavy (non-hydrogen) atoms. The number of cyclic esters (lactones) is 1. The van der Waals surface area contributed by atoms with Gasteiger partial charge in [0, 0.05) is 22.1 Å². The van der Waals surface area contributed by atoms with Gasteiger partial charge in [-0.1, -0.05) is 30.3 Å². The molecule has 0 bridgehead atoms. The van der Waals surface area contributed by atoms with Crippen LogP contribution in [-0.2, 0) is 47.4 Å². The van der Waals surface area contributed by atoms with Crippen molar-refractivity contribution in [3.05, 3.63) is 62.9 Å². The van der Waals surface area contributed by atoms with Crippen molar-refractivity contribution in [3.63, 3.8) is 0 Å². The first-order chi connectivity index (χ1) is 20.4. The molecule has 4 heterocycles. The Balaban J connectivity index is 1.32. The van der Waals surface area contributed by atoms with Crippen LogP contribution >= 0.6 is 0 Å². The summed E-state index contributed by atoms with van der Waals surface area (Å²) in [7, 11) is 0. The van der Waals surface area contributed by atoms with Crippen LogP contribution in [0.5, 0.6) is 0 Å². The molecule has 0 radical (unpaired) electrons. The topological polar surface area (TPSA) is 171 Å². The predicted molar refractivity (Wildman–Crippen MR) is 150 cm³/mol. The van der Waals surface area contributed by atoms with Crippen molar-refractivity contribution in [2.45, 2.75) is 32.1 Å². The Bertz CT molecular complexity index is 1590. The van der Waals surface area contributed by atoms with Crippen LogP contribution in [0, 0.1) is 0 Å². The van der Waals surface area contributed by atoms with Gasteiger partial charge in [-0.05, 0) is 18.6 Å². The molecule has 3 N–H and O–H groups in total. The van der Waals surface area contributed by atoms with Crippen LogP contribution in [0.3, 0.4) is 0 Å². The van der Waals surface area contributed by atoms with Gasteiger partial charge in [-0.25, -0.2) is 9.78 Å². The lowest BCUT2D eigenvalue weighted by Gasteiger charge is -2.31. The normalized spacial score (nSPS) is 17.2. The number of benzene rings is 1. The first-order valence-electron chi connectivity index (χ1n) is 13.7. The molecule has 0 aliphatic carbocycles. The minimum atomic E-state index is -1.91. The molecule has 222 valence electrons. The van der Waals surface area contributed by atoms with Gasteiger partial charge in [-0.15, -0.1) is 0 Å². The fourth-order valence-electron chi connectivity index (χ4n) is 5.09. The van der Waals surface area contributed by atoms with Gasteiger partial charge in [0.25, 0.3) is 5.56 Å². The Morgan fingerprint density at radius 1 is 1.19 bits per heavy atom. The third-order valence-electron chi connectivity index (χ3n) is 7.25. The summed E-state index contributed by atoms with van der Waals surface area (Å²) in [6.45, 7) is 2.56. The van der Waals surface area contributed by atoms with Crippen molar-refractivity contribution in [2.24, 2.45) is 5.16 Å². The lowest BCUT2D eigenvalue weighted by molar-refractivity contribution is -0.172. The smallest absolute Gasteiger partial charge is 0.343 e. The zero-order valence-corrected chi connectivity index (χ0v) is 23.1. The van der Waals surface area contributed by atoms with Gasteiger partial charge >= 0.3 is 5.97 Å². The maximum absolute atomic E-state index is 13.5. The van der Waals surface area contributed by atoms with Gasteiger partial charge in [-0.3, -0.25) is 9.59 Å². The molecule has 0 fully saturated rings. The molecule has 13 nitrogen and oxygen atoms in total. The predicted octanol–water partition coefficient (Wildman–Crippen LogP) is 0.572. The highest BCUT2D eigenvalue weighted by atomic mass is 16.6. The number of carbonyl (C=O) groups is 2. The number of hydrogen-bond acceptors (Lipinski definition) is 11. The van der Waals surface area contributed by atoms with Crippen molar-refractivity contribution in [1.29, 1.82) is 0 Å². The Kier molecular flexibility index (Phi) is 8.92. The summed E-state index contributed by atoms with van der Waals surface area (Å²) in [6.07, 6.45) is 1.62. The average molecular weight is 581 g/mol. The zero-order valence-electron chi connectivity index (χ0n) is 23.1. The van der Waals surface area contributed by atoms with Gasteiger partial charge in [0.15, 0.2) is 5.60 Å². The number of aliphatic hydroxyl groups excluding tert-OH is 1. The van der Waals surface area contributed by atoms with E-state index in [0.717, 1.165) is 16.5 Å². The molecular formula is C29H32N4O9. The largest absolute Gasteiger partial charge is 0.458 e. The number of carbonyl (C=O) groups excluding carboxylic acids is 2. The fraction of sp³-hybridized carbons (Fsp3) is 0.414. The molecule has 1 aromatic carbocycles. The van der Waals surface area contributed by atoms with Gasteiger partial charge in [0.1, 0.15) is 19.8 Å². The summed E-state index contributed by atoms with van der Waals surface area (Å²) in [5.74, 6) is -1.08. The maximum atomic E-state index is 13.5. The number of hydrogen-bond donors (Lipinski definition) is 3. The van der Waals surface area contributed by atoms with Crippen molar-refractivity contribution >= 4 is 29.0 Å². The second kappa shape index (κ2) is 12.8. The quantitative estimate of drug-likeness (QED) is 0.0879. The molecule has 2 aromatic heterocycles. The molecule has 1 amide bonds. The average Bonchev–Trinajstić information content (AvgIpc) is 3.37. The molecule has 3 aromatic rings. The number of aliphatic hydroxyl groups is 2. The van der Waals surface area contributed by atoms with E-state index < -0.39 is 11.6 Å². The Hall–Kier alpha value is -4.17. The number of amides is 1. The molecule has 2 aliphatic heterocycles. The van der Waals surface area contributed by atoms with Crippen LogP contribution < -0.4 is 10.9 Å². The summed E-state index contributed by atoms with van der Waals surface area (Å²) in [6, 6.07) is 9.15. The summed E-state index contributed by atoms with van der Waals surface area (Å²) in [5, 5.41) is 27.4. The zero-order chi connectivity index (χ0) is 29.7. The highest BCUT2D eigenvalue weighted by Crippen LogP contribution is 2.39. The summed E-state index contributed by atoms with van der Waals surface area (Å²) in [4.78, 5) is 48.1. The van der Waals surface area contributed by atoms with Crippen LogP contribution in [0.25, 0.3) is 22.3 Å². The summed E-state index contributed by atoms with van der Waals surface area (Å²) < 4.78 is 17.0. The number of pyridine rings is 2. The van der Waals surface area contributed by atoms with Crippen molar-refractivity contribution in [1.82, 2.24) is 14.9 Å². The third-order valence-corrected chi connectivity index (χ3v) is 7.25. The molecule has 0 spiro atoms. The van der Waals surface area contributed by atoms with E-state index in [1.807, 2.05) is 24.3 Å². The van der Waals surface area contributed by atoms with Crippen molar-refractivity contribution in [3.8, 4) is 11.4 Å². The number of para-hydroxylation sites is 1. The molecule has 5 rings (SSSR count). The van der Waals surface area contributed by atoms with E-state index in [0.29, 0.717) is 16.9 Å². The third kappa shape index (κ3) is 5.63. The van der Waals surface area contributed by atoms with Gasteiger partial charge < -0.3 is 39.1 Å². The van der Waals surface area contributed by atoms with Crippen LogP contribution in [0.1, 0.15) is 35.6 Å². The lowest BCUT2D eigenvalue weighted by Crippen LogP contribution is -2.44. The number of aromatic nitrogens is 2. The highest BCUT2D eigenvalue weighted by molar-refractivity contribution is 6.02.